The van der Waals surface area contributed by atoms with Gasteiger partial charge < -0.3 is 15.3 Å². The SMILES string of the molecule is CN=C(NCC1(O)CCSC1)N1CCSC2(CCCCC2)C1.I. The van der Waals surface area contributed by atoms with Crippen LogP contribution in [0.1, 0.15) is 38.5 Å². The highest BCUT2D eigenvalue weighted by Crippen LogP contribution is 2.42. The third kappa shape index (κ3) is 5.07. The summed E-state index contributed by atoms with van der Waals surface area (Å²) in [5.74, 6) is 4.09. The third-order valence-corrected chi connectivity index (χ3v) is 7.95. The molecule has 2 saturated heterocycles. The molecule has 3 aliphatic rings. The average molecular weight is 471 g/mol. The molecular formula is C16H30IN3OS2. The van der Waals surface area contributed by atoms with Crippen LogP contribution in [0.4, 0.5) is 0 Å². The molecule has 0 aromatic heterocycles. The van der Waals surface area contributed by atoms with E-state index in [4.69, 9.17) is 0 Å². The van der Waals surface area contributed by atoms with Gasteiger partial charge in [0.05, 0.1) is 5.60 Å². The van der Waals surface area contributed by atoms with Crippen molar-refractivity contribution in [2.24, 2.45) is 4.99 Å². The Morgan fingerprint density at radius 1 is 1.22 bits per heavy atom. The first-order valence-electron chi connectivity index (χ1n) is 8.55. The summed E-state index contributed by atoms with van der Waals surface area (Å²) < 4.78 is 0.453. The van der Waals surface area contributed by atoms with Crippen LogP contribution in [0.15, 0.2) is 4.99 Å². The van der Waals surface area contributed by atoms with Crippen LogP contribution in [0.25, 0.3) is 0 Å². The van der Waals surface area contributed by atoms with Crippen molar-refractivity contribution in [2.75, 3.05) is 43.9 Å². The molecule has 4 nitrogen and oxygen atoms in total. The zero-order valence-electron chi connectivity index (χ0n) is 14.1. The predicted octanol–water partition coefficient (Wildman–Crippen LogP) is 2.80. The molecule has 7 heteroatoms. The van der Waals surface area contributed by atoms with Gasteiger partial charge in [-0.3, -0.25) is 4.99 Å². The minimum atomic E-state index is -0.548. The molecule has 1 spiro atoms. The maximum absolute atomic E-state index is 10.5. The summed E-state index contributed by atoms with van der Waals surface area (Å²) in [5, 5.41) is 14.0. The summed E-state index contributed by atoms with van der Waals surface area (Å²) in [6.45, 7) is 2.81. The Bertz CT molecular complexity index is 405. The van der Waals surface area contributed by atoms with E-state index in [1.54, 1.807) is 0 Å². The monoisotopic (exact) mass is 471 g/mol. The van der Waals surface area contributed by atoms with E-state index in [-0.39, 0.29) is 24.0 Å². The first-order valence-corrected chi connectivity index (χ1v) is 10.7. The second kappa shape index (κ2) is 8.85. The zero-order chi connectivity index (χ0) is 15.5. The molecule has 3 rings (SSSR count). The fourth-order valence-electron chi connectivity index (χ4n) is 3.84. The summed E-state index contributed by atoms with van der Waals surface area (Å²) in [5.41, 5.74) is -0.548. The number of hydrogen-bond acceptors (Lipinski definition) is 4. The van der Waals surface area contributed by atoms with Crippen molar-refractivity contribution in [3.8, 4) is 0 Å². The molecule has 134 valence electrons. The number of guanidine groups is 1. The van der Waals surface area contributed by atoms with Crippen LogP contribution in [-0.4, -0.2) is 70.3 Å². The third-order valence-electron chi connectivity index (χ3n) is 5.18. The van der Waals surface area contributed by atoms with Gasteiger partial charge in [0.2, 0.25) is 0 Å². The molecule has 0 bridgehead atoms. The quantitative estimate of drug-likeness (QED) is 0.369. The Hall–Kier alpha value is 0.660. The molecule has 0 aromatic rings. The lowest BCUT2D eigenvalue weighted by atomic mass is 9.87. The van der Waals surface area contributed by atoms with E-state index in [1.165, 1.54) is 37.9 Å². The standard InChI is InChI=1S/C16H29N3OS2.HI/c1-17-14(18-11-15(20)7-9-21-13-15)19-8-10-22-16(12-19)5-3-2-4-6-16;/h20H,2-13H2,1H3,(H,17,18);1H. The molecule has 2 heterocycles. The van der Waals surface area contributed by atoms with Crippen LogP contribution >= 0.6 is 47.5 Å². The highest BCUT2D eigenvalue weighted by atomic mass is 127. The van der Waals surface area contributed by atoms with Gasteiger partial charge >= 0.3 is 0 Å². The number of rotatable bonds is 2. The van der Waals surface area contributed by atoms with Crippen LogP contribution in [0, 0.1) is 0 Å². The lowest BCUT2D eigenvalue weighted by Gasteiger charge is -2.45. The van der Waals surface area contributed by atoms with E-state index in [0.717, 1.165) is 37.0 Å². The molecular weight excluding hydrogens is 441 g/mol. The molecule has 0 aromatic carbocycles. The van der Waals surface area contributed by atoms with Gasteiger partial charge in [-0.15, -0.1) is 24.0 Å². The van der Waals surface area contributed by atoms with Gasteiger partial charge in [-0.05, 0) is 25.0 Å². The number of thioether (sulfide) groups is 2. The van der Waals surface area contributed by atoms with Crippen LogP contribution in [0.2, 0.25) is 0 Å². The maximum atomic E-state index is 10.5. The molecule has 1 unspecified atom stereocenters. The van der Waals surface area contributed by atoms with Gasteiger partial charge in [-0.25, -0.2) is 0 Å². The first-order chi connectivity index (χ1) is 10.6. The number of halogens is 1. The smallest absolute Gasteiger partial charge is 0.193 e. The molecule has 2 aliphatic heterocycles. The van der Waals surface area contributed by atoms with Gasteiger partial charge in [-0.1, -0.05) is 19.3 Å². The van der Waals surface area contributed by atoms with E-state index in [9.17, 15) is 5.11 Å². The van der Waals surface area contributed by atoms with Gasteiger partial charge in [0.15, 0.2) is 5.96 Å². The first kappa shape index (κ1) is 20.0. The second-order valence-corrected chi connectivity index (χ2v) is 9.61. The summed E-state index contributed by atoms with van der Waals surface area (Å²) >= 11 is 4.03. The fraction of sp³-hybridized carbons (Fsp3) is 0.938. The summed E-state index contributed by atoms with van der Waals surface area (Å²) in [4.78, 5) is 6.91. The van der Waals surface area contributed by atoms with E-state index in [0.29, 0.717) is 11.3 Å². The fourth-order valence-corrected chi connectivity index (χ4v) is 6.70. The number of nitrogens with one attached hydrogen (secondary N) is 1. The second-order valence-electron chi connectivity index (χ2n) is 6.94. The largest absolute Gasteiger partial charge is 0.387 e. The van der Waals surface area contributed by atoms with E-state index in [1.807, 2.05) is 18.8 Å². The topological polar surface area (TPSA) is 47.9 Å². The van der Waals surface area contributed by atoms with E-state index >= 15 is 0 Å². The van der Waals surface area contributed by atoms with Crippen LogP contribution in [0.5, 0.6) is 0 Å². The summed E-state index contributed by atoms with van der Waals surface area (Å²) in [7, 11) is 1.87. The summed E-state index contributed by atoms with van der Waals surface area (Å²) in [6, 6.07) is 0. The predicted molar refractivity (Wildman–Crippen MR) is 114 cm³/mol. The lowest BCUT2D eigenvalue weighted by molar-refractivity contribution is 0.0716. The Morgan fingerprint density at radius 2 is 2.00 bits per heavy atom. The molecule has 3 fully saturated rings. The number of aliphatic imine (C=N–C) groups is 1. The molecule has 2 N–H and O–H groups in total. The molecule has 1 aliphatic carbocycles. The Labute approximate surface area is 166 Å². The van der Waals surface area contributed by atoms with Crippen LogP contribution in [0.3, 0.4) is 0 Å². The van der Waals surface area contributed by atoms with E-state index < -0.39 is 5.60 Å². The van der Waals surface area contributed by atoms with Crippen LogP contribution < -0.4 is 5.32 Å². The number of aliphatic hydroxyl groups is 1. The molecule has 1 saturated carbocycles. The number of nitrogens with zero attached hydrogens (tertiary/aromatic N) is 2. The van der Waals surface area contributed by atoms with Crippen LogP contribution in [-0.2, 0) is 0 Å². The summed E-state index contributed by atoms with van der Waals surface area (Å²) in [6.07, 6.45) is 7.76. The van der Waals surface area contributed by atoms with Gasteiger partial charge in [0.1, 0.15) is 0 Å². The van der Waals surface area contributed by atoms with Gasteiger partial charge in [0, 0.05) is 42.9 Å². The van der Waals surface area contributed by atoms with Gasteiger partial charge in [-0.2, -0.15) is 23.5 Å². The zero-order valence-corrected chi connectivity index (χ0v) is 18.0. The molecule has 1 atom stereocenters. The van der Waals surface area contributed by atoms with Crippen molar-refractivity contribution in [1.82, 2.24) is 10.2 Å². The molecule has 0 amide bonds. The Morgan fingerprint density at radius 3 is 2.65 bits per heavy atom. The maximum Gasteiger partial charge on any atom is 0.193 e. The lowest BCUT2D eigenvalue weighted by Crippen LogP contribution is -2.55. The van der Waals surface area contributed by atoms with Crippen molar-refractivity contribution < 1.29 is 5.11 Å². The van der Waals surface area contributed by atoms with Crippen molar-refractivity contribution in [3.63, 3.8) is 0 Å². The highest BCUT2D eigenvalue weighted by Gasteiger charge is 2.39. The average Bonchev–Trinajstić information content (AvgIpc) is 2.96. The van der Waals surface area contributed by atoms with Gasteiger partial charge in [0.25, 0.3) is 0 Å². The van der Waals surface area contributed by atoms with Crippen molar-refractivity contribution in [3.05, 3.63) is 0 Å². The highest BCUT2D eigenvalue weighted by molar-refractivity contribution is 14.0. The minimum absolute atomic E-state index is 0. The normalized spacial score (nSPS) is 31.0. The molecule has 23 heavy (non-hydrogen) atoms. The molecule has 0 radical (unpaired) electrons. The Balaban J connectivity index is 0.00000192. The minimum Gasteiger partial charge on any atom is -0.387 e. The van der Waals surface area contributed by atoms with Crippen molar-refractivity contribution in [2.45, 2.75) is 48.9 Å². The van der Waals surface area contributed by atoms with E-state index in [2.05, 4.69) is 27.0 Å². The van der Waals surface area contributed by atoms with Crippen molar-refractivity contribution >= 4 is 53.5 Å². The van der Waals surface area contributed by atoms with Crippen molar-refractivity contribution in [1.29, 1.82) is 0 Å². The number of hydrogen-bond donors (Lipinski definition) is 2. The Kier molecular flexibility index (Phi) is 7.69.